The Morgan fingerprint density at radius 3 is 2.85 bits per heavy atom. The molecular formula is C17H20N8O. The summed E-state index contributed by atoms with van der Waals surface area (Å²) in [5.74, 6) is 1.50. The normalized spacial score (nSPS) is 15.3. The van der Waals surface area contributed by atoms with Crippen LogP contribution in [0.1, 0.15) is 30.1 Å². The molecular weight excluding hydrogens is 332 g/mol. The van der Waals surface area contributed by atoms with Gasteiger partial charge < -0.3 is 9.47 Å². The SMILES string of the molecule is O=C(Cn1cnnn1)N1CCC(c2nccn2Cc2cccnc2)CC1. The van der Waals surface area contributed by atoms with Crippen molar-refractivity contribution in [2.75, 3.05) is 13.1 Å². The molecule has 4 rings (SSSR count). The summed E-state index contributed by atoms with van der Waals surface area (Å²) in [5.41, 5.74) is 1.15. The van der Waals surface area contributed by atoms with Crippen LogP contribution < -0.4 is 0 Å². The van der Waals surface area contributed by atoms with E-state index in [2.05, 4.69) is 36.1 Å². The van der Waals surface area contributed by atoms with Crippen molar-refractivity contribution in [3.8, 4) is 0 Å². The Morgan fingerprint density at radius 1 is 1.23 bits per heavy atom. The molecule has 9 nitrogen and oxygen atoms in total. The first kappa shape index (κ1) is 16.4. The number of aromatic nitrogens is 7. The molecule has 4 heterocycles. The van der Waals surface area contributed by atoms with Gasteiger partial charge in [0.1, 0.15) is 18.7 Å². The van der Waals surface area contributed by atoms with Gasteiger partial charge in [-0.1, -0.05) is 6.07 Å². The molecule has 1 aliphatic rings. The van der Waals surface area contributed by atoms with E-state index in [1.54, 1.807) is 6.20 Å². The number of imidazole rings is 1. The lowest BCUT2D eigenvalue weighted by atomic mass is 9.95. The van der Waals surface area contributed by atoms with Crippen molar-refractivity contribution in [2.24, 2.45) is 0 Å². The van der Waals surface area contributed by atoms with Gasteiger partial charge in [-0.3, -0.25) is 9.78 Å². The van der Waals surface area contributed by atoms with Crippen LogP contribution in [-0.2, 0) is 17.9 Å². The first-order valence-corrected chi connectivity index (χ1v) is 8.68. The number of carbonyl (C=O) groups excluding carboxylic acids is 1. The molecule has 3 aromatic heterocycles. The summed E-state index contributed by atoms with van der Waals surface area (Å²) in [5, 5.41) is 10.9. The maximum Gasteiger partial charge on any atom is 0.244 e. The molecule has 0 bridgehead atoms. The summed E-state index contributed by atoms with van der Waals surface area (Å²) in [4.78, 5) is 23.0. The molecule has 0 unspecified atom stereocenters. The van der Waals surface area contributed by atoms with Gasteiger partial charge in [-0.15, -0.1) is 5.10 Å². The zero-order valence-electron chi connectivity index (χ0n) is 14.3. The molecule has 0 radical (unpaired) electrons. The van der Waals surface area contributed by atoms with Crippen molar-refractivity contribution in [3.05, 3.63) is 54.6 Å². The van der Waals surface area contributed by atoms with Crippen molar-refractivity contribution >= 4 is 5.91 Å². The Morgan fingerprint density at radius 2 is 2.12 bits per heavy atom. The Balaban J connectivity index is 1.36. The topological polar surface area (TPSA) is 94.6 Å². The highest BCUT2D eigenvalue weighted by Gasteiger charge is 2.26. The lowest BCUT2D eigenvalue weighted by Crippen LogP contribution is -2.40. The van der Waals surface area contributed by atoms with Gasteiger partial charge in [0.15, 0.2) is 0 Å². The highest BCUT2D eigenvalue weighted by atomic mass is 16.2. The molecule has 0 N–H and O–H groups in total. The van der Waals surface area contributed by atoms with E-state index in [1.165, 1.54) is 11.0 Å². The van der Waals surface area contributed by atoms with E-state index in [0.29, 0.717) is 5.92 Å². The summed E-state index contributed by atoms with van der Waals surface area (Å²) in [6.07, 6.45) is 10.8. The van der Waals surface area contributed by atoms with Gasteiger partial charge in [-0.25, -0.2) is 9.67 Å². The van der Waals surface area contributed by atoms with E-state index in [4.69, 9.17) is 0 Å². The van der Waals surface area contributed by atoms with Gasteiger partial charge in [0, 0.05) is 43.8 Å². The third-order valence-electron chi connectivity index (χ3n) is 4.72. The molecule has 26 heavy (non-hydrogen) atoms. The summed E-state index contributed by atoms with van der Waals surface area (Å²) in [7, 11) is 0. The minimum Gasteiger partial charge on any atom is -0.341 e. The van der Waals surface area contributed by atoms with Gasteiger partial charge >= 0.3 is 0 Å². The number of tetrazole rings is 1. The average Bonchev–Trinajstić information content (AvgIpc) is 3.35. The molecule has 0 aromatic carbocycles. The van der Waals surface area contributed by atoms with Crippen LogP contribution in [0.5, 0.6) is 0 Å². The second-order valence-electron chi connectivity index (χ2n) is 6.44. The fourth-order valence-electron chi connectivity index (χ4n) is 3.38. The standard InChI is InChI=1S/C17H20N8O/c26-16(12-25-13-20-21-22-25)23-7-3-15(4-8-23)17-19-6-9-24(17)11-14-2-1-5-18-10-14/h1-2,5-6,9-10,13,15H,3-4,7-8,11-12H2. The number of hydrogen-bond acceptors (Lipinski definition) is 6. The number of nitrogens with zero attached hydrogens (tertiary/aromatic N) is 8. The molecule has 0 atom stereocenters. The molecule has 0 aliphatic carbocycles. The van der Waals surface area contributed by atoms with E-state index in [-0.39, 0.29) is 12.5 Å². The number of amides is 1. The average molecular weight is 352 g/mol. The first-order valence-electron chi connectivity index (χ1n) is 8.68. The largest absolute Gasteiger partial charge is 0.341 e. The molecule has 3 aromatic rings. The quantitative estimate of drug-likeness (QED) is 0.671. The van der Waals surface area contributed by atoms with E-state index in [9.17, 15) is 4.79 Å². The molecule has 1 amide bonds. The first-order chi connectivity index (χ1) is 12.8. The van der Waals surface area contributed by atoms with Crippen LogP contribution in [-0.4, -0.2) is 58.6 Å². The number of rotatable bonds is 5. The number of piperidine rings is 1. The van der Waals surface area contributed by atoms with Crippen LogP contribution in [0.3, 0.4) is 0 Å². The van der Waals surface area contributed by atoms with Crippen LogP contribution in [0.2, 0.25) is 0 Å². The molecule has 1 saturated heterocycles. The second-order valence-corrected chi connectivity index (χ2v) is 6.44. The summed E-state index contributed by atoms with van der Waals surface area (Å²) < 4.78 is 3.63. The predicted octanol–water partition coefficient (Wildman–Crippen LogP) is 0.719. The number of carbonyl (C=O) groups is 1. The maximum atomic E-state index is 12.3. The number of pyridine rings is 1. The Bertz CT molecular complexity index is 837. The van der Waals surface area contributed by atoms with Crippen LogP contribution in [0.25, 0.3) is 0 Å². The van der Waals surface area contributed by atoms with E-state index < -0.39 is 0 Å². The molecule has 9 heteroatoms. The van der Waals surface area contributed by atoms with Gasteiger partial charge in [-0.2, -0.15) is 0 Å². The zero-order valence-corrected chi connectivity index (χ0v) is 14.3. The van der Waals surface area contributed by atoms with E-state index >= 15 is 0 Å². The lowest BCUT2D eigenvalue weighted by molar-refractivity contribution is -0.133. The van der Waals surface area contributed by atoms with E-state index in [0.717, 1.165) is 43.9 Å². The van der Waals surface area contributed by atoms with E-state index in [1.807, 2.05) is 29.6 Å². The lowest BCUT2D eigenvalue weighted by Gasteiger charge is -2.32. The summed E-state index contributed by atoms with van der Waals surface area (Å²) in [6, 6.07) is 4.01. The minimum atomic E-state index is 0.0504. The molecule has 1 aliphatic heterocycles. The van der Waals surface area contributed by atoms with Crippen molar-refractivity contribution in [2.45, 2.75) is 31.8 Å². The smallest absolute Gasteiger partial charge is 0.244 e. The van der Waals surface area contributed by atoms with Crippen LogP contribution in [0.4, 0.5) is 0 Å². The van der Waals surface area contributed by atoms with Gasteiger partial charge in [0.2, 0.25) is 5.91 Å². The third-order valence-corrected chi connectivity index (χ3v) is 4.72. The fraction of sp³-hybridized carbons (Fsp3) is 0.412. The molecule has 134 valence electrons. The summed E-state index contributed by atoms with van der Waals surface area (Å²) in [6.45, 7) is 2.41. The zero-order chi connectivity index (χ0) is 17.8. The van der Waals surface area contributed by atoms with Gasteiger partial charge in [0.05, 0.1) is 6.54 Å². The van der Waals surface area contributed by atoms with Crippen LogP contribution in [0.15, 0.2) is 43.2 Å². The fourth-order valence-corrected chi connectivity index (χ4v) is 3.38. The molecule has 1 fully saturated rings. The van der Waals surface area contributed by atoms with Crippen molar-refractivity contribution in [3.63, 3.8) is 0 Å². The molecule has 0 spiro atoms. The number of likely N-dealkylation sites (tertiary alicyclic amines) is 1. The van der Waals surface area contributed by atoms with Crippen LogP contribution in [0, 0.1) is 0 Å². The Hall–Kier alpha value is -3.10. The highest BCUT2D eigenvalue weighted by Crippen LogP contribution is 2.27. The highest BCUT2D eigenvalue weighted by molar-refractivity contribution is 5.75. The maximum absolute atomic E-state index is 12.3. The number of hydrogen-bond donors (Lipinski definition) is 0. The van der Waals surface area contributed by atoms with Gasteiger partial charge in [0.25, 0.3) is 0 Å². The van der Waals surface area contributed by atoms with Crippen molar-refractivity contribution < 1.29 is 4.79 Å². The van der Waals surface area contributed by atoms with Gasteiger partial charge in [-0.05, 0) is 34.9 Å². The van der Waals surface area contributed by atoms with Crippen molar-refractivity contribution in [1.29, 1.82) is 0 Å². The minimum absolute atomic E-state index is 0.0504. The Kier molecular flexibility index (Phi) is 4.67. The predicted molar refractivity (Wildman–Crippen MR) is 91.9 cm³/mol. The van der Waals surface area contributed by atoms with Crippen molar-refractivity contribution in [1.82, 2.24) is 39.6 Å². The summed E-state index contributed by atoms with van der Waals surface area (Å²) >= 11 is 0. The monoisotopic (exact) mass is 352 g/mol. The molecule has 0 saturated carbocycles. The Labute approximate surface area is 150 Å². The third kappa shape index (κ3) is 3.61. The van der Waals surface area contributed by atoms with Crippen LogP contribution >= 0.6 is 0 Å². The second kappa shape index (κ2) is 7.42.